The van der Waals surface area contributed by atoms with E-state index in [-0.39, 0.29) is 17.4 Å². The van der Waals surface area contributed by atoms with Crippen LogP contribution in [0.2, 0.25) is 0 Å². The first kappa shape index (κ1) is 14.5. The molecule has 0 radical (unpaired) electrons. The van der Waals surface area contributed by atoms with Crippen LogP contribution in [0.1, 0.15) is 13.8 Å². The van der Waals surface area contributed by atoms with Crippen molar-refractivity contribution in [2.75, 3.05) is 12.3 Å². The van der Waals surface area contributed by atoms with E-state index in [0.29, 0.717) is 0 Å². The fraction of sp³-hybridized carbons (Fsp3) is 0.556. The Morgan fingerprint density at radius 2 is 2.11 bits per heavy atom. The van der Waals surface area contributed by atoms with Crippen LogP contribution in [0, 0.1) is 5.41 Å². The van der Waals surface area contributed by atoms with E-state index < -0.39 is 21.3 Å². The number of nitrogens with two attached hydrogens (primary N) is 2. The third-order valence-corrected chi connectivity index (χ3v) is 4.07. The van der Waals surface area contributed by atoms with Gasteiger partial charge in [-0.05, 0) is 13.8 Å². The van der Waals surface area contributed by atoms with E-state index in [1.807, 2.05) is 0 Å². The molecule has 5 N–H and O–H groups in total. The number of primary amides is 1. The highest BCUT2D eigenvalue weighted by molar-refractivity contribution is 7.89. The van der Waals surface area contributed by atoms with Crippen molar-refractivity contribution >= 4 is 21.7 Å². The van der Waals surface area contributed by atoms with E-state index in [9.17, 15) is 13.2 Å². The summed E-state index contributed by atoms with van der Waals surface area (Å²) in [4.78, 5) is 14.8. The Bertz CT molecular complexity index is 541. The summed E-state index contributed by atoms with van der Waals surface area (Å²) in [5.74, 6) is -0.690. The number of nitrogen functional groups attached to an aromatic ring is 1. The van der Waals surface area contributed by atoms with Gasteiger partial charge in [-0.1, -0.05) is 0 Å². The van der Waals surface area contributed by atoms with E-state index in [4.69, 9.17) is 11.5 Å². The Morgan fingerprint density at radius 3 is 2.50 bits per heavy atom. The first-order chi connectivity index (χ1) is 8.08. The number of aryl methyl sites for hydroxylation is 1. The Hall–Kier alpha value is -1.61. The van der Waals surface area contributed by atoms with Crippen LogP contribution in [0.3, 0.4) is 0 Å². The zero-order chi connectivity index (χ0) is 14.1. The molecule has 0 aromatic carbocycles. The molecule has 18 heavy (non-hydrogen) atoms. The summed E-state index contributed by atoms with van der Waals surface area (Å²) in [5, 5.41) is -0.136. The fourth-order valence-electron chi connectivity index (χ4n) is 1.20. The van der Waals surface area contributed by atoms with E-state index >= 15 is 0 Å². The number of sulfonamides is 1. The summed E-state index contributed by atoms with van der Waals surface area (Å²) >= 11 is 0. The van der Waals surface area contributed by atoms with Gasteiger partial charge in [-0.3, -0.25) is 4.79 Å². The minimum absolute atomic E-state index is 0.0955. The van der Waals surface area contributed by atoms with E-state index in [1.165, 1.54) is 17.9 Å². The molecule has 0 saturated heterocycles. The number of carbonyl (C=O) groups excluding carboxylic acids is 1. The maximum Gasteiger partial charge on any atom is 0.260 e. The first-order valence-corrected chi connectivity index (χ1v) is 6.62. The van der Waals surface area contributed by atoms with E-state index in [1.54, 1.807) is 13.8 Å². The predicted molar refractivity (Wildman–Crippen MR) is 65.8 cm³/mol. The van der Waals surface area contributed by atoms with Gasteiger partial charge in [-0.15, -0.1) is 0 Å². The van der Waals surface area contributed by atoms with Crippen LogP contribution < -0.4 is 16.2 Å². The summed E-state index contributed by atoms with van der Waals surface area (Å²) in [6, 6.07) is 0. The molecule has 0 saturated carbocycles. The van der Waals surface area contributed by atoms with Crippen molar-refractivity contribution in [3.63, 3.8) is 0 Å². The smallest absolute Gasteiger partial charge is 0.260 e. The summed E-state index contributed by atoms with van der Waals surface area (Å²) in [5.41, 5.74) is 9.66. The molecule has 0 unspecified atom stereocenters. The van der Waals surface area contributed by atoms with Gasteiger partial charge in [0.25, 0.3) is 10.0 Å². The van der Waals surface area contributed by atoms with Crippen molar-refractivity contribution in [1.82, 2.24) is 14.3 Å². The molecule has 102 valence electrons. The second-order valence-corrected chi connectivity index (χ2v) is 6.30. The van der Waals surface area contributed by atoms with Crippen LogP contribution in [0.25, 0.3) is 0 Å². The lowest BCUT2D eigenvalue weighted by atomic mass is 9.93. The highest BCUT2D eigenvalue weighted by Gasteiger charge is 2.29. The number of nitrogens with zero attached hydrogens (tertiary/aromatic N) is 2. The standard InChI is InChI=1S/C9H17N5O3S/c1-9(2,8(11)15)4-13-18(16,17)7-6(10)12-5-14(7)3/h5,13H,4,10H2,1-3H3,(H2,11,15). The van der Waals surface area contributed by atoms with Gasteiger partial charge in [0.2, 0.25) is 5.91 Å². The van der Waals surface area contributed by atoms with Gasteiger partial charge in [0, 0.05) is 13.6 Å². The summed E-state index contributed by atoms with van der Waals surface area (Å²) in [7, 11) is -2.32. The van der Waals surface area contributed by atoms with Crippen molar-refractivity contribution in [3.05, 3.63) is 6.33 Å². The molecule has 0 aliphatic heterocycles. The van der Waals surface area contributed by atoms with Gasteiger partial charge in [0.15, 0.2) is 10.8 Å². The van der Waals surface area contributed by atoms with E-state index in [0.717, 1.165) is 0 Å². The molecule has 1 rings (SSSR count). The monoisotopic (exact) mass is 275 g/mol. The molecule has 0 atom stereocenters. The quantitative estimate of drug-likeness (QED) is 0.620. The van der Waals surface area contributed by atoms with E-state index in [2.05, 4.69) is 9.71 Å². The number of rotatable bonds is 5. The van der Waals surface area contributed by atoms with Crippen LogP contribution in [0.5, 0.6) is 0 Å². The molecule has 1 aromatic heterocycles. The molecule has 9 heteroatoms. The lowest BCUT2D eigenvalue weighted by molar-refractivity contribution is -0.125. The van der Waals surface area contributed by atoms with Crippen molar-refractivity contribution in [3.8, 4) is 0 Å². The Morgan fingerprint density at radius 1 is 1.56 bits per heavy atom. The van der Waals surface area contributed by atoms with Crippen LogP contribution in [0.4, 0.5) is 5.82 Å². The normalized spacial score (nSPS) is 12.6. The zero-order valence-corrected chi connectivity index (χ0v) is 11.3. The number of anilines is 1. The fourth-order valence-corrected chi connectivity index (χ4v) is 2.64. The van der Waals surface area contributed by atoms with Crippen molar-refractivity contribution in [2.45, 2.75) is 18.9 Å². The molecule has 8 nitrogen and oxygen atoms in total. The highest BCUT2D eigenvalue weighted by Crippen LogP contribution is 2.17. The van der Waals surface area contributed by atoms with Gasteiger partial charge in [-0.25, -0.2) is 18.1 Å². The minimum atomic E-state index is -3.83. The maximum atomic E-state index is 12.0. The van der Waals surface area contributed by atoms with Crippen LogP contribution in [0.15, 0.2) is 11.4 Å². The average Bonchev–Trinajstić information content (AvgIpc) is 2.56. The number of amides is 1. The third kappa shape index (κ3) is 2.79. The minimum Gasteiger partial charge on any atom is -0.381 e. The molecule has 0 aliphatic rings. The topological polar surface area (TPSA) is 133 Å². The summed E-state index contributed by atoms with van der Waals surface area (Å²) in [6.45, 7) is 2.98. The molecule has 1 amide bonds. The molecule has 0 spiro atoms. The second kappa shape index (κ2) is 4.58. The molecular formula is C9H17N5O3S. The number of hydrogen-bond acceptors (Lipinski definition) is 5. The molecule has 0 bridgehead atoms. The molecule has 1 heterocycles. The average molecular weight is 275 g/mol. The number of aromatic nitrogens is 2. The maximum absolute atomic E-state index is 12.0. The molecule has 1 aromatic rings. The largest absolute Gasteiger partial charge is 0.381 e. The lowest BCUT2D eigenvalue weighted by Crippen LogP contribution is -2.42. The van der Waals surface area contributed by atoms with Crippen molar-refractivity contribution in [1.29, 1.82) is 0 Å². The second-order valence-electron chi connectivity index (χ2n) is 4.62. The number of nitrogens with one attached hydrogen (secondary N) is 1. The summed E-state index contributed by atoms with van der Waals surface area (Å²) in [6.07, 6.45) is 1.29. The Labute approximate surface area is 105 Å². The molecular weight excluding hydrogens is 258 g/mol. The number of carbonyl (C=O) groups is 1. The SMILES string of the molecule is Cn1cnc(N)c1S(=O)(=O)NCC(C)(C)C(N)=O. The van der Waals surface area contributed by atoms with Crippen LogP contribution in [-0.4, -0.2) is 30.4 Å². The lowest BCUT2D eigenvalue weighted by Gasteiger charge is -2.20. The van der Waals surface area contributed by atoms with Gasteiger partial charge >= 0.3 is 0 Å². The van der Waals surface area contributed by atoms with Gasteiger partial charge in [0.1, 0.15) is 0 Å². The highest BCUT2D eigenvalue weighted by atomic mass is 32.2. The molecule has 0 fully saturated rings. The van der Waals surface area contributed by atoms with Gasteiger partial charge < -0.3 is 16.0 Å². The van der Waals surface area contributed by atoms with Crippen LogP contribution in [-0.2, 0) is 21.9 Å². The van der Waals surface area contributed by atoms with Crippen molar-refractivity contribution in [2.24, 2.45) is 18.2 Å². The van der Waals surface area contributed by atoms with Crippen molar-refractivity contribution < 1.29 is 13.2 Å². The van der Waals surface area contributed by atoms with Crippen LogP contribution >= 0.6 is 0 Å². The predicted octanol–water partition coefficient (Wildman–Crippen LogP) is -1.21. The third-order valence-electron chi connectivity index (χ3n) is 2.54. The summed E-state index contributed by atoms with van der Waals surface area (Å²) < 4.78 is 27.6. The number of hydrogen-bond donors (Lipinski definition) is 3. The number of imidazole rings is 1. The van der Waals surface area contributed by atoms with Gasteiger partial charge in [-0.2, -0.15) is 0 Å². The zero-order valence-electron chi connectivity index (χ0n) is 10.5. The molecule has 0 aliphatic carbocycles. The Kier molecular flexibility index (Phi) is 3.67. The Balaban J connectivity index is 2.95. The van der Waals surface area contributed by atoms with Gasteiger partial charge in [0.05, 0.1) is 11.7 Å². The first-order valence-electron chi connectivity index (χ1n) is 5.14.